The second kappa shape index (κ2) is 7.64. The van der Waals surface area contributed by atoms with Gasteiger partial charge in [-0.3, -0.25) is 10.1 Å². The first kappa shape index (κ1) is 16.8. The van der Waals surface area contributed by atoms with Crippen molar-refractivity contribution in [3.8, 4) is 5.75 Å². The fourth-order valence-corrected chi connectivity index (χ4v) is 2.75. The summed E-state index contributed by atoms with van der Waals surface area (Å²) >= 11 is 1.39. The third-order valence-corrected chi connectivity index (χ3v) is 3.95. The van der Waals surface area contributed by atoms with Crippen LogP contribution in [0, 0.1) is 10.1 Å². The summed E-state index contributed by atoms with van der Waals surface area (Å²) in [5.41, 5.74) is 0.387. The number of non-ortho nitro benzene ring substituents is 1. The van der Waals surface area contributed by atoms with Crippen molar-refractivity contribution in [3.63, 3.8) is 0 Å². The predicted octanol–water partition coefficient (Wildman–Crippen LogP) is 3.93. The fourth-order valence-electron chi connectivity index (χ4n) is 1.89. The van der Waals surface area contributed by atoms with Gasteiger partial charge in [-0.15, -0.1) is 0 Å². The van der Waals surface area contributed by atoms with Crippen LogP contribution in [0.5, 0.6) is 5.75 Å². The van der Waals surface area contributed by atoms with Gasteiger partial charge in [-0.25, -0.2) is 4.79 Å². The molecule has 0 aliphatic heterocycles. The molecular weight excluding hydrogens is 318 g/mol. The SMILES string of the molecule is CCOC(=O)c1cc(Sc2ccc([N+](=O)[O-])cc2)ccc1OC. The molecule has 0 aliphatic rings. The number of benzene rings is 2. The van der Waals surface area contributed by atoms with Crippen molar-refractivity contribution in [2.24, 2.45) is 0 Å². The van der Waals surface area contributed by atoms with E-state index in [4.69, 9.17) is 9.47 Å². The van der Waals surface area contributed by atoms with Gasteiger partial charge in [-0.1, -0.05) is 11.8 Å². The fraction of sp³-hybridized carbons (Fsp3) is 0.188. The molecule has 2 aromatic carbocycles. The molecule has 2 aromatic rings. The summed E-state index contributed by atoms with van der Waals surface area (Å²) in [6, 6.07) is 11.4. The van der Waals surface area contributed by atoms with Crippen molar-refractivity contribution in [2.75, 3.05) is 13.7 Å². The van der Waals surface area contributed by atoms with Crippen LogP contribution < -0.4 is 4.74 Å². The topological polar surface area (TPSA) is 78.7 Å². The van der Waals surface area contributed by atoms with E-state index in [1.165, 1.54) is 31.0 Å². The number of carbonyl (C=O) groups excluding carboxylic acids is 1. The van der Waals surface area contributed by atoms with Gasteiger partial charge in [0.2, 0.25) is 0 Å². The number of hydrogen-bond acceptors (Lipinski definition) is 6. The first-order chi connectivity index (χ1) is 11.0. The van der Waals surface area contributed by atoms with Crippen LogP contribution in [0.4, 0.5) is 5.69 Å². The Kier molecular flexibility index (Phi) is 5.59. The van der Waals surface area contributed by atoms with Gasteiger partial charge in [0, 0.05) is 21.9 Å². The molecule has 0 spiro atoms. The molecule has 0 fully saturated rings. The smallest absolute Gasteiger partial charge is 0.341 e. The second-order valence-electron chi connectivity index (χ2n) is 4.44. The summed E-state index contributed by atoms with van der Waals surface area (Å²) < 4.78 is 10.2. The van der Waals surface area contributed by atoms with Gasteiger partial charge in [-0.2, -0.15) is 0 Å². The van der Waals surface area contributed by atoms with Crippen LogP contribution in [0.15, 0.2) is 52.3 Å². The summed E-state index contributed by atoms with van der Waals surface area (Å²) in [5.74, 6) is -0.00741. The highest BCUT2D eigenvalue weighted by Gasteiger charge is 2.15. The lowest BCUT2D eigenvalue weighted by Crippen LogP contribution is -2.06. The van der Waals surface area contributed by atoms with E-state index in [2.05, 4.69) is 0 Å². The van der Waals surface area contributed by atoms with E-state index >= 15 is 0 Å². The van der Waals surface area contributed by atoms with E-state index in [1.54, 1.807) is 31.2 Å². The number of methoxy groups -OCH3 is 1. The first-order valence-electron chi connectivity index (χ1n) is 6.82. The van der Waals surface area contributed by atoms with Gasteiger partial charge in [0.15, 0.2) is 0 Å². The van der Waals surface area contributed by atoms with E-state index in [0.717, 1.165) is 9.79 Å². The number of hydrogen-bond donors (Lipinski definition) is 0. The maximum Gasteiger partial charge on any atom is 0.341 e. The van der Waals surface area contributed by atoms with Crippen LogP contribution in [0.25, 0.3) is 0 Å². The van der Waals surface area contributed by atoms with Crippen LogP contribution in [0.2, 0.25) is 0 Å². The van der Waals surface area contributed by atoms with Gasteiger partial charge < -0.3 is 9.47 Å². The molecule has 0 bridgehead atoms. The summed E-state index contributed by atoms with van der Waals surface area (Å²) in [6.45, 7) is 2.02. The lowest BCUT2D eigenvalue weighted by molar-refractivity contribution is -0.384. The molecule has 0 saturated heterocycles. The Morgan fingerprint density at radius 1 is 1.17 bits per heavy atom. The minimum absolute atomic E-state index is 0.0382. The van der Waals surface area contributed by atoms with Gasteiger partial charge in [0.25, 0.3) is 5.69 Å². The number of esters is 1. The van der Waals surface area contributed by atoms with Crippen LogP contribution in [0.3, 0.4) is 0 Å². The third kappa shape index (κ3) is 4.23. The molecule has 0 amide bonds. The Bertz CT molecular complexity index is 715. The molecule has 0 radical (unpaired) electrons. The molecule has 23 heavy (non-hydrogen) atoms. The number of nitro benzene ring substituents is 1. The molecule has 0 aromatic heterocycles. The number of rotatable bonds is 6. The maximum atomic E-state index is 12.0. The highest BCUT2D eigenvalue weighted by molar-refractivity contribution is 7.99. The van der Waals surface area contributed by atoms with Gasteiger partial charge >= 0.3 is 5.97 Å². The minimum atomic E-state index is -0.449. The van der Waals surface area contributed by atoms with Crippen molar-refractivity contribution in [1.82, 2.24) is 0 Å². The number of ether oxygens (including phenoxy) is 2. The first-order valence-corrected chi connectivity index (χ1v) is 7.64. The lowest BCUT2D eigenvalue weighted by atomic mass is 10.2. The Hall–Kier alpha value is -2.54. The molecule has 6 nitrogen and oxygen atoms in total. The van der Waals surface area contributed by atoms with E-state index in [-0.39, 0.29) is 12.3 Å². The van der Waals surface area contributed by atoms with Crippen molar-refractivity contribution in [3.05, 3.63) is 58.1 Å². The standard InChI is InChI=1S/C16H15NO5S/c1-3-22-16(18)14-10-13(8-9-15(14)21-2)23-12-6-4-11(5-7-12)17(19)20/h4-10H,3H2,1-2H3. The molecule has 7 heteroatoms. The molecule has 0 N–H and O–H groups in total. The van der Waals surface area contributed by atoms with E-state index < -0.39 is 10.9 Å². The maximum absolute atomic E-state index is 12.0. The zero-order valence-corrected chi connectivity index (χ0v) is 13.5. The van der Waals surface area contributed by atoms with Crippen molar-refractivity contribution in [2.45, 2.75) is 16.7 Å². The van der Waals surface area contributed by atoms with Crippen LogP contribution in [-0.2, 0) is 4.74 Å². The number of nitro groups is 1. The lowest BCUT2D eigenvalue weighted by Gasteiger charge is -2.10. The van der Waals surface area contributed by atoms with E-state index in [0.29, 0.717) is 11.3 Å². The summed E-state index contributed by atoms with van der Waals surface area (Å²) in [4.78, 5) is 23.8. The molecule has 0 aliphatic carbocycles. The molecule has 0 heterocycles. The van der Waals surface area contributed by atoms with Crippen LogP contribution >= 0.6 is 11.8 Å². The number of carbonyl (C=O) groups is 1. The second-order valence-corrected chi connectivity index (χ2v) is 5.58. The van der Waals surface area contributed by atoms with E-state index in [1.807, 2.05) is 6.07 Å². The molecule has 0 atom stereocenters. The van der Waals surface area contributed by atoms with E-state index in [9.17, 15) is 14.9 Å². The van der Waals surface area contributed by atoms with Gasteiger partial charge in [0.1, 0.15) is 11.3 Å². The molecule has 0 saturated carbocycles. The average Bonchev–Trinajstić information content (AvgIpc) is 2.55. The highest BCUT2D eigenvalue weighted by atomic mass is 32.2. The molecule has 0 unspecified atom stereocenters. The van der Waals surface area contributed by atoms with Gasteiger partial charge in [0.05, 0.1) is 18.6 Å². The Morgan fingerprint density at radius 2 is 1.83 bits per heavy atom. The van der Waals surface area contributed by atoms with Crippen molar-refractivity contribution in [1.29, 1.82) is 0 Å². The van der Waals surface area contributed by atoms with Gasteiger partial charge in [-0.05, 0) is 37.3 Å². The Labute approximate surface area is 137 Å². The zero-order chi connectivity index (χ0) is 16.8. The summed E-state index contributed by atoms with van der Waals surface area (Å²) in [6.07, 6.45) is 0. The number of nitrogens with zero attached hydrogens (tertiary/aromatic N) is 1. The zero-order valence-electron chi connectivity index (χ0n) is 12.6. The largest absolute Gasteiger partial charge is 0.496 e. The van der Waals surface area contributed by atoms with Crippen LogP contribution in [-0.4, -0.2) is 24.6 Å². The predicted molar refractivity (Wildman–Crippen MR) is 86.2 cm³/mol. The highest BCUT2D eigenvalue weighted by Crippen LogP contribution is 2.32. The minimum Gasteiger partial charge on any atom is -0.496 e. The third-order valence-electron chi connectivity index (χ3n) is 2.95. The molecular formula is C16H15NO5S. The average molecular weight is 333 g/mol. The Balaban J connectivity index is 2.24. The summed E-state index contributed by atoms with van der Waals surface area (Å²) in [5, 5.41) is 10.7. The van der Waals surface area contributed by atoms with Crippen LogP contribution in [0.1, 0.15) is 17.3 Å². The monoisotopic (exact) mass is 333 g/mol. The van der Waals surface area contributed by atoms with Crippen molar-refractivity contribution >= 4 is 23.4 Å². The Morgan fingerprint density at radius 3 is 2.39 bits per heavy atom. The normalized spacial score (nSPS) is 10.2. The molecule has 120 valence electrons. The quantitative estimate of drug-likeness (QED) is 0.453. The molecule has 2 rings (SSSR count). The summed E-state index contributed by atoms with van der Waals surface area (Å²) in [7, 11) is 1.49. The van der Waals surface area contributed by atoms with Crippen molar-refractivity contribution < 1.29 is 19.2 Å².